The van der Waals surface area contributed by atoms with Gasteiger partial charge in [0, 0.05) is 31.3 Å². The summed E-state index contributed by atoms with van der Waals surface area (Å²) < 4.78 is 11.1. The van der Waals surface area contributed by atoms with E-state index in [1.807, 2.05) is 6.08 Å². The van der Waals surface area contributed by atoms with Crippen molar-refractivity contribution >= 4 is 11.5 Å². The molecule has 0 spiro atoms. The number of benzene rings is 2. The summed E-state index contributed by atoms with van der Waals surface area (Å²) in [5.41, 5.74) is 7.79. The van der Waals surface area contributed by atoms with Crippen LogP contribution in [0.5, 0.6) is 0 Å². The molecule has 2 N–H and O–H groups in total. The van der Waals surface area contributed by atoms with Gasteiger partial charge in [0.05, 0.1) is 13.2 Å². The maximum absolute atomic E-state index is 11.8. The Balaban J connectivity index is 2.23. The molecule has 0 bridgehead atoms. The van der Waals surface area contributed by atoms with Gasteiger partial charge in [0.2, 0.25) is 0 Å². The summed E-state index contributed by atoms with van der Waals surface area (Å²) in [4.78, 5) is 11.8. The van der Waals surface area contributed by atoms with Gasteiger partial charge in [0.25, 0.3) is 0 Å². The molecule has 2 aromatic carbocycles. The number of rotatable bonds is 20. The molecule has 230 valence electrons. The van der Waals surface area contributed by atoms with E-state index < -0.39 is 0 Å². The van der Waals surface area contributed by atoms with Crippen molar-refractivity contribution in [2.24, 2.45) is 11.8 Å². The van der Waals surface area contributed by atoms with Gasteiger partial charge in [-0.3, -0.25) is 0 Å². The minimum Gasteiger partial charge on any atom is -0.462 e. The lowest BCUT2D eigenvalue weighted by Gasteiger charge is -2.15. The lowest BCUT2D eigenvalue weighted by atomic mass is 9.91. The Bertz CT molecular complexity index is 1140. The Morgan fingerprint density at radius 2 is 1.69 bits per heavy atom. The van der Waals surface area contributed by atoms with Crippen molar-refractivity contribution in [3.8, 4) is 11.1 Å². The zero-order valence-corrected chi connectivity index (χ0v) is 26.2. The number of hydrogen-bond acceptors (Lipinski definition) is 5. The highest BCUT2D eigenvalue weighted by Gasteiger charge is 2.11. The molecule has 1 atom stereocenters. The Kier molecular flexibility index (Phi) is 16.8. The van der Waals surface area contributed by atoms with Gasteiger partial charge in [-0.05, 0) is 78.3 Å². The molecule has 0 fully saturated rings. The minimum absolute atomic E-state index is 0.0406. The van der Waals surface area contributed by atoms with Gasteiger partial charge in [-0.2, -0.15) is 0 Å². The van der Waals surface area contributed by atoms with Crippen molar-refractivity contribution < 1.29 is 24.5 Å². The van der Waals surface area contributed by atoms with E-state index in [1.54, 1.807) is 6.92 Å². The second-order valence-corrected chi connectivity index (χ2v) is 11.2. The first kappa shape index (κ1) is 35.2. The second kappa shape index (κ2) is 20.0. The lowest BCUT2D eigenvalue weighted by molar-refractivity contribution is -0.139. The predicted octanol–water partition coefficient (Wildman–Crippen LogP) is 7.74. The third kappa shape index (κ3) is 12.5. The maximum atomic E-state index is 11.8. The SMILES string of the molecule is C=C(C)C(=O)OCCC(C)/C=C(\C=C/COCCC(CO)CO)c1ccc(-c2ccc(CCCCC)cc2)cc1CC. The number of hydrogen-bond donors (Lipinski definition) is 2. The molecule has 0 aliphatic rings. The highest BCUT2D eigenvalue weighted by Crippen LogP contribution is 2.29. The normalized spacial score (nSPS) is 12.7. The van der Waals surface area contributed by atoms with Gasteiger partial charge < -0.3 is 19.7 Å². The van der Waals surface area contributed by atoms with Crippen molar-refractivity contribution in [2.45, 2.75) is 72.6 Å². The average Bonchev–Trinajstić information content (AvgIpc) is 3.00. The lowest BCUT2D eigenvalue weighted by Crippen LogP contribution is -2.13. The van der Waals surface area contributed by atoms with Crippen LogP contribution in [-0.4, -0.2) is 49.2 Å². The standard InChI is InChI=1S/C37H52O5/c1-6-8-9-11-30-13-15-33(16-14-30)34-17-18-36(32(7-2)25-34)35(12-10-21-41-22-20-31(26-38)27-39)24-29(5)19-23-42-37(40)28(3)4/h10,12-18,24-25,29,31,38-39H,3,6-9,11,19-23,26-27H2,1-2,4-5H3/b12-10-,35-24+. The van der Waals surface area contributed by atoms with Gasteiger partial charge in [-0.15, -0.1) is 0 Å². The molecule has 0 saturated heterocycles. The summed E-state index contributed by atoms with van der Waals surface area (Å²) in [6.45, 7) is 13.0. The van der Waals surface area contributed by atoms with Crippen LogP contribution < -0.4 is 0 Å². The molecule has 5 heteroatoms. The second-order valence-electron chi connectivity index (χ2n) is 11.2. The van der Waals surface area contributed by atoms with Crippen LogP contribution in [0, 0.1) is 11.8 Å². The fourth-order valence-corrected chi connectivity index (χ4v) is 4.69. The predicted molar refractivity (Wildman–Crippen MR) is 174 cm³/mol. The topological polar surface area (TPSA) is 76.0 Å². The highest BCUT2D eigenvalue weighted by atomic mass is 16.5. The third-order valence-electron chi connectivity index (χ3n) is 7.47. The van der Waals surface area contributed by atoms with Gasteiger partial charge in [0.1, 0.15) is 0 Å². The maximum Gasteiger partial charge on any atom is 0.333 e. The molecule has 0 radical (unpaired) electrons. The van der Waals surface area contributed by atoms with Gasteiger partial charge in [-0.1, -0.05) is 101 Å². The number of aryl methyl sites for hydroxylation is 2. The quantitative estimate of drug-likeness (QED) is 0.0730. The largest absolute Gasteiger partial charge is 0.462 e. The molecule has 0 saturated carbocycles. The van der Waals surface area contributed by atoms with Crippen molar-refractivity contribution in [3.63, 3.8) is 0 Å². The number of aliphatic hydroxyl groups is 2. The summed E-state index contributed by atoms with van der Waals surface area (Å²) in [7, 11) is 0. The number of carbonyl (C=O) groups is 1. The van der Waals surface area contributed by atoms with E-state index in [0.29, 0.717) is 38.2 Å². The van der Waals surface area contributed by atoms with E-state index in [-0.39, 0.29) is 31.0 Å². The molecular weight excluding hydrogens is 524 g/mol. The molecule has 0 amide bonds. The van der Waals surface area contributed by atoms with Crippen LogP contribution in [0.1, 0.15) is 76.5 Å². The van der Waals surface area contributed by atoms with Crippen LogP contribution in [0.3, 0.4) is 0 Å². The molecule has 0 aliphatic heterocycles. The van der Waals surface area contributed by atoms with Crippen LogP contribution in [-0.2, 0) is 27.1 Å². The highest BCUT2D eigenvalue weighted by molar-refractivity contribution is 5.86. The Morgan fingerprint density at radius 1 is 0.976 bits per heavy atom. The zero-order chi connectivity index (χ0) is 30.7. The summed E-state index contributed by atoms with van der Waals surface area (Å²) in [6.07, 6.45) is 13.4. The Morgan fingerprint density at radius 3 is 2.33 bits per heavy atom. The van der Waals surface area contributed by atoms with Crippen molar-refractivity contribution in [1.82, 2.24) is 0 Å². The van der Waals surface area contributed by atoms with E-state index >= 15 is 0 Å². The van der Waals surface area contributed by atoms with E-state index in [0.717, 1.165) is 18.4 Å². The number of carbonyl (C=O) groups excluding carboxylic acids is 1. The van der Waals surface area contributed by atoms with Crippen LogP contribution in [0.25, 0.3) is 16.7 Å². The number of unbranched alkanes of at least 4 members (excludes halogenated alkanes) is 2. The molecule has 2 aromatic rings. The number of allylic oxidation sites excluding steroid dienone is 3. The third-order valence-corrected chi connectivity index (χ3v) is 7.47. The van der Waals surface area contributed by atoms with Crippen molar-refractivity contribution in [2.75, 3.05) is 33.0 Å². The molecule has 42 heavy (non-hydrogen) atoms. The number of aliphatic hydroxyl groups excluding tert-OH is 2. The molecular formula is C37H52O5. The summed E-state index contributed by atoms with van der Waals surface area (Å²) in [5, 5.41) is 18.5. The van der Waals surface area contributed by atoms with Crippen LogP contribution in [0.4, 0.5) is 0 Å². The Hall–Kier alpha value is -2.99. The van der Waals surface area contributed by atoms with Crippen LogP contribution in [0.15, 0.2) is 72.8 Å². The van der Waals surface area contributed by atoms with E-state index in [9.17, 15) is 15.0 Å². The Labute approximate surface area is 254 Å². The van der Waals surface area contributed by atoms with Gasteiger partial charge in [-0.25, -0.2) is 4.79 Å². The first-order valence-electron chi connectivity index (χ1n) is 15.6. The fourth-order valence-electron chi connectivity index (χ4n) is 4.69. The molecule has 0 aliphatic carbocycles. The van der Waals surface area contributed by atoms with Gasteiger partial charge >= 0.3 is 5.97 Å². The zero-order valence-electron chi connectivity index (χ0n) is 26.2. The van der Waals surface area contributed by atoms with E-state index in [4.69, 9.17) is 9.47 Å². The van der Waals surface area contributed by atoms with Crippen molar-refractivity contribution in [3.05, 3.63) is 89.5 Å². The van der Waals surface area contributed by atoms with E-state index in [2.05, 4.69) is 82.0 Å². The number of ether oxygens (including phenoxy) is 2. The molecule has 0 heterocycles. The van der Waals surface area contributed by atoms with Crippen molar-refractivity contribution in [1.29, 1.82) is 0 Å². The van der Waals surface area contributed by atoms with Gasteiger partial charge in [0.15, 0.2) is 0 Å². The molecule has 2 rings (SSSR count). The average molecular weight is 577 g/mol. The van der Waals surface area contributed by atoms with Crippen LogP contribution >= 0.6 is 0 Å². The summed E-state index contributed by atoms with van der Waals surface area (Å²) in [6, 6.07) is 15.7. The van der Waals surface area contributed by atoms with Crippen LogP contribution in [0.2, 0.25) is 0 Å². The number of esters is 1. The summed E-state index contributed by atoms with van der Waals surface area (Å²) >= 11 is 0. The monoisotopic (exact) mass is 576 g/mol. The minimum atomic E-state index is -0.356. The smallest absolute Gasteiger partial charge is 0.333 e. The first-order valence-corrected chi connectivity index (χ1v) is 15.6. The summed E-state index contributed by atoms with van der Waals surface area (Å²) in [5.74, 6) is -0.318. The first-order chi connectivity index (χ1) is 20.3. The molecule has 5 nitrogen and oxygen atoms in total. The fraction of sp³-hybridized carbons (Fsp3) is 0.486. The molecule has 0 aromatic heterocycles. The van der Waals surface area contributed by atoms with E-state index in [1.165, 1.54) is 47.1 Å². The molecule has 1 unspecified atom stereocenters.